The molecule has 0 spiro atoms. The molecule has 20 heavy (non-hydrogen) atoms. The fourth-order valence-corrected chi connectivity index (χ4v) is 4.69. The Hall–Kier alpha value is -0.330. The second-order valence-corrected chi connectivity index (χ2v) is 7.32. The van der Waals surface area contributed by atoms with Gasteiger partial charge in [0.05, 0.1) is 4.90 Å². The Morgan fingerprint density at radius 3 is 2.75 bits per heavy atom. The number of hydrogen-bond donors (Lipinski definition) is 1. The molecule has 1 saturated heterocycles. The maximum atomic E-state index is 12.7. The lowest BCUT2D eigenvalue weighted by atomic mass is 9.93. The first-order valence-corrected chi connectivity index (χ1v) is 8.26. The zero-order valence-corrected chi connectivity index (χ0v) is 13.7. The third kappa shape index (κ3) is 3.46. The van der Waals surface area contributed by atoms with Crippen LogP contribution in [0.15, 0.2) is 29.2 Å². The van der Waals surface area contributed by atoms with Crippen molar-refractivity contribution in [1.29, 1.82) is 0 Å². The Balaban J connectivity index is 0.00000200. The largest absolute Gasteiger partial charge is 0.329 e. The summed E-state index contributed by atoms with van der Waals surface area (Å²) < 4.78 is 26.9. The number of rotatable bonds is 3. The number of nitrogens with two attached hydrogens (primary N) is 1. The second-order valence-electron chi connectivity index (χ2n) is 5.00. The van der Waals surface area contributed by atoms with E-state index in [-0.39, 0.29) is 29.3 Å². The van der Waals surface area contributed by atoms with Crippen molar-refractivity contribution in [3.63, 3.8) is 0 Å². The summed E-state index contributed by atoms with van der Waals surface area (Å²) >= 11 is 5.88. The third-order valence-corrected chi connectivity index (χ3v) is 5.86. The summed E-state index contributed by atoms with van der Waals surface area (Å²) in [5, 5.41) is 0.426. The molecule has 2 rings (SSSR count). The lowest BCUT2D eigenvalue weighted by Crippen LogP contribution is -2.51. The average molecular weight is 339 g/mol. The Bertz CT molecular complexity index is 551. The van der Waals surface area contributed by atoms with Gasteiger partial charge in [0.25, 0.3) is 0 Å². The van der Waals surface area contributed by atoms with Gasteiger partial charge in [0.1, 0.15) is 0 Å². The van der Waals surface area contributed by atoms with Crippen LogP contribution in [0.2, 0.25) is 5.02 Å². The van der Waals surface area contributed by atoms with E-state index >= 15 is 0 Å². The van der Waals surface area contributed by atoms with Crippen molar-refractivity contribution >= 4 is 34.0 Å². The van der Waals surface area contributed by atoms with Crippen molar-refractivity contribution in [1.82, 2.24) is 4.31 Å². The standard InChI is InChI=1S/C13H19ClN2O2S.ClH/c1-10-4-3-7-16(13(10)9-15)19(17,18)12-6-2-5-11(14)8-12;/h2,5-6,8,10,13H,3-4,7,9,15H2,1H3;1H. The van der Waals surface area contributed by atoms with E-state index in [4.69, 9.17) is 17.3 Å². The molecule has 0 bridgehead atoms. The lowest BCUT2D eigenvalue weighted by Gasteiger charge is -2.38. The Morgan fingerprint density at radius 2 is 2.15 bits per heavy atom. The van der Waals surface area contributed by atoms with Gasteiger partial charge in [-0.2, -0.15) is 4.31 Å². The quantitative estimate of drug-likeness (QED) is 0.920. The van der Waals surface area contributed by atoms with Crippen molar-refractivity contribution < 1.29 is 8.42 Å². The topological polar surface area (TPSA) is 63.4 Å². The molecule has 1 aromatic carbocycles. The van der Waals surface area contributed by atoms with E-state index in [2.05, 4.69) is 6.92 Å². The van der Waals surface area contributed by atoms with Gasteiger partial charge in [-0.15, -0.1) is 12.4 Å². The molecule has 0 radical (unpaired) electrons. The number of benzene rings is 1. The SMILES string of the molecule is CC1CCCN(S(=O)(=O)c2cccc(Cl)c2)C1CN.Cl. The van der Waals surface area contributed by atoms with Crippen LogP contribution < -0.4 is 5.73 Å². The van der Waals surface area contributed by atoms with E-state index < -0.39 is 10.0 Å². The van der Waals surface area contributed by atoms with Gasteiger partial charge >= 0.3 is 0 Å². The summed E-state index contributed by atoms with van der Waals surface area (Å²) in [4.78, 5) is 0.243. The van der Waals surface area contributed by atoms with E-state index in [0.717, 1.165) is 12.8 Å². The molecule has 7 heteroatoms. The highest BCUT2D eigenvalue weighted by Gasteiger charge is 2.36. The summed E-state index contributed by atoms with van der Waals surface area (Å²) in [6.07, 6.45) is 1.89. The smallest absolute Gasteiger partial charge is 0.243 e. The molecule has 2 N–H and O–H groups in total. The van der Waals surface area contributed by atoms with Crippen LogP contribution in [0.25, 0.3) is 0 Å². The van der Waals surface area contributed by atoms with E-state index in [1.807, 2.05) is 0 Å². The van der Waals surface area contributed by atoms with Gasteiger partial charge in [-0.1, -0.05) is 24.6 Å². The Kier molecular flexibility index (Phi) is 6.28. The molecule has 0 aliphatic carbocycles. The normalized spacial score (nSPS) is 24.1. The molecule has 1 fully saturated rings. The summed E-state index contributed by atoms with van der Waals surface area (Å²) in [7, 11) is -3.51. The van der Waals surface area contributed by atoms with Gasteiger partial charge in [-0.05, 0) is 37.0 Å². The van der Waals surface area contributed by atoms with Gasteiger partial charge in [0, 0.05) is 24.2 Å². The summed E-state index contributed by atoms with van der Waals surface area (Å²) in [5.74, 6) is 0.285. The van der Waals surface area contributed by atoms with E-state index in [1.165, 1.54) is 10.4 Å². The van der Waals surface area contributed by atoms with Crippen LogP contribution in [0, 0.1) is 5.92 Å². The average Bonchev–Trinajstić information content (AvgIpc) is 2.38. The Morgan fingerprint density at radius 1 is 1.45 bits per heavy atom. The highest BCUT2D eigenvalue weighted by molar-refractivity contribution is 7.89. The zero-order valence-electron chi connectivity index (χ0n) is 11.3. The van der Waals surface area contributed by atoms with Gasteiger partial charge < -0.3 is 5.73 Å². The number of sulfonamides is 1. The van der Waals surface area contributed by atoms with Crippen molar-refractivity contribution in [3.05, 3.63) is 29.3 Å². The molecular formula is C13H20Cl2N2O2S. The fourth-order valence-electron chi connectivity index (χ4n) is 2.62. The molecule has 0 amide bonds. The monoisotopic (exact) mass is 338 g/mol. The van der Waals surface area contributed by atoms with Gasteiger partial charge in [-0.3, -0.25) is 0 Å². The Labute approximate surface area is 131 Å². The molecule has 2 unspecified atom stereocenters. The molecule has 1 aliphatic heterocycles. The van der Waals surface area contributed by atoms with Crippen LogP contribution in [0.5, 0.6) is 0 Å². The van der Waals surface area contributed by atoms with Crippen LogP contribution in [0.3, 0.4) is 0 Å². The number of halogens is 2. The molecular weight excluding hydrogens is 319 g/mol. The van der Waals surface area contributed by atoms with Crippen LogP contribution in [0.1, 0.15) is 19.8 Å². The fraction of sp³-hybridized carbons (Fsp3) is 0.538. The zero-order chi connectivity index (χ0) is 14.0. The van der Waals surface area contributed by atoms with Crippen LogP contribution in [-0.2, 0) is 10.0 Å². The predicted molar refractivity (Wildman–Crippen MR) is 83.8 cm³/mol. The number of nitrogens with zero attached hydrogens (tertiary/aromatic N) is 1. The minimum atomic E-state index is -3.51. The van der Waals surface area contributed by atoms with Crippen molar-refractivity contribution in [2.45, 2.75) is 30.7 Å². The van der Waals surface area contributed by atoms with Crippen molar-refractivity contribution in [2.24, 2.45) is 11.7 Å². The first kappa shape index (κ1) is 17.7. The van der Waals surface area contributed by atoms with Crippen LogP contribution in [0.4, 0.5) is 0 Å². The molecule has 1 heterocycles. The van der Waals surface area contributed by atoms with Gasteiger partial charge in [-0.25, -0.2) is 8.42 Å². The molecule has 2 atom stereocenters. The van der Waals surface area contributed by atoms with Gasteiger partial charge in [0.15, 0.2) is 0 Å². The first-order chi connectivity index (χ1) is 8.96. The summed E-state index contributed by atoms with van der Waals surface area (Å²) in [5.41, 5.74) is 5.76. The summed E-state index contributed by atoms with van der Waals surface area (Å²) in [6, 6.07) is 6.26. The minimum absolute atomic E-state index is 0. The molecule has 1 aliphatic rings. The van der Waals surface area contributed by atoms with Crippen LogP contribution >= 0.6 is 24.0 Å². The number of hydrogen-bond acceptors (Lipinski definition) is 3. The predicted octanol–water partition coefficient (Wildman–Crippen LogP) is 2.51. The van der Waals surface area contributed by atoms with Crippen molar-refractivity contribution in [2.75, 3.05) is 13.1 Å². The molecule has 0 saturated carbocycles. The van der Waals surface area contributed by atoms with Crippen LogP contribution in [-0.4, -0.2) is 31.9 Å². The first-order valence-electron chi connectivity index (χ1n) is 6.44. The van der Waals surface area contributed by atoms with E-state index in [1.54, 1.807) is 18.2 Å². The molecule has 0 aromatic heterocycles. The highest BCUT2D eigenvalue weighted by atomic mass is 35.5. The molecule has 4 nitrogen and oxygen atoms in total. The number of piperidine rings is 1. The molecule has 114 valence electrons. The van der Waals surface area contributed by atoms with E-state index in [9.17, 15) is 8.42 Å². The maximum Gasteiger partial charge on any atom is 0.243 e. The third-order valence-electron chi connectivity index (χ3n) is 3.71. The minimum Gasteiger partial charge on any atom is -0.329 e. The lowest BCUT2D eigenvalue weighted by molar-refractivity contribution is 0.192. The van der Waals surface area contributed by atoms with Crippen molar-refractivity contribution in [3.8, 4) is 0 Å². The highest BCUT2D eigenvalue weighted by Crippen LogP contribution is 2.29. The van der Waals surface area contributed by atoms with Gasteiger partial charge in [0.2, 0.25) is 10.0 Å². The second kappa shape index (κ2) is 7.09. The van der Waals surface area contributed by atoms with E-state index in [0.29, 0.717) is 18.1 Å². The summed E-state index contributed by atoms with van der Waals surface area (Å²) in [6.45, 7) is 2.93. The maximum absolute atomic E-state index is 12.7. The molecule has 1 aromatic rings.